The fourth-order valence-electron chi connectivity index (χ4n) is 1.13. The largest absolute Gasteiger partial charge is 0.358 e. The van der Waals surface area contributed by atoms with Gasteiger partial charge in [0.05, 0.1) is 6.04 Å². The van der Waals surface area contributed by atoms with Crippen LogP contribution in [0.15, 0.2) is 0 Å². The van der Waals surface area contributed by atoms with Crippen molar-refractivity contribution in [3.05, 3.63) is 14.4 Å². The Morgan fingerprint density at radius 1 is 1.36 bits per heavy atom. The Bertz CT molecular complexity index is 151. The van der Waals surface area contributed by atoms with E-state index < -0.39 is 0 Å². The molecule has 0 aromatic carbocycles. The molecule has 0 saturated carbocycles. The zero-order valence-electron chi connectivity index (χ0n) is 10.1. The minimum Gasteiger partial charge on any atom is -0.358 e. The van der Waals surface area contributed by atoms with Gasteiger partial charge in [0.15, 0.2) is 0 Å². The zero-order chi connectivity index (χ0) is 9.72. The van der Waals surface area contributed by atoms with Crippen molar-refractivity contribution in [3.63, 3.8) is 0 Å². The average Bonchev–Trinajstić information content (AvgIpc) is 2.05. The van der Waals surface area contributed by atoms with Gasteiger partial charge in [-0.2, -0.15) is 0 Å². The molecule has 0 aliphatic carbocycles. The van der Waals surface area contributed by atoms with Gasteiger partial charge in [0.2, 0.25) is 5.91 Å². The normalized spacial score (nSPS) is 11.3. The molecule has 0 heterocycles. The van der Waals surface area contributed by atoms with Crippen molar-refractivity contribution < 1.29 is 37.5 Å². The molecule has 1 amide bonds. The smallest absolute Gasteiger partial charge is 0.239 e. The quantitative estimate of drug-likeness (QED) is 0.716. The van der Waals surface area contributed by atoms with Gasteiger partial charge in [-0.3, -0.25) is 4.79 Å². The maximum atomic E-state index is 11.5. The molecule has 0 aromatic rings. The number of nitrogens with zero attached hydrogens (tertiary/aromatic N) is 2. The van der Waals surface area contributed by atoms with Crippen LogP contribution in [0.25, 0.3) is 0 Å². The number of rotatable bonds is 4. The van der Waals surface area contributed by atoms with Gasteiger partial charge in [-0.05, 0) is 13.5 Å². The second-order valence-electron chi connectivity index (χ2n) is 3.14. The molecular weight excluding hydrogens is 253 g/mol. The summed E-state index contributed by atoms with van der Waals surface area (Å²) in [5, 5.41) is 0. The van der Waals surface area contributed by atoms with Gasteiger partial charge in [0, 0.05) is 46.8 Å². The van der Waals surface area contributed by atoms with Crippen LogP contribution in [0.2, 0.25) is 0 Å². The first kappa shape index (κ1) is 20.0. The molecule has 4 heteroatoms. The summed E-state index contributed by atoms with van der Waals surface area (Å²) in [6.45, 7) is 6.43. The molecule has 0 saturated heterocycles. The Morgan fingerprint density at radius 3 is 2.00 bits per heavy atom. The molecule has 1 atom stereocenters. The molecular formula is C10H22N2OY-2. The predicted octanol–water partition coefficient (Wildman–Crippen LogP) is 1.07. The van der Waals surface area contributed by atoms with E-state index in [2.05, 4.69) is 6.92 Å². The summed E-state index contributed by atoms with van der Waals surface area (Å²) < 4.78 is 0. The predicted molar refractivity (Wildman–Crippen MR) is 57.2 cm³/mol. The summed E-state index contributed by atoms with van der Waals surface area (Å²) in [7, 11) is 5.48. The van der Waals surface area contributed by atoms with Gasteiger partial charge in [0.25, 0.3) is 0 Å². The third-order valence-corrected chi connectivity index (χ3v) is 2.00. The summed E-state index contributed by atoms with van der Waals surface area (Å²) >= 11 is 0. The number of hydrogen-bond donors (Lipinski definition) is 0. The van der Waals surface area contributed by atoms with Crippen molar-refractivity contribution in [3.8, 4) is 0 Å². The third-order valence-electron chi connectivity index (χ3n) is 2.00. The van der Waals surface area contributed by atoms with Gasteiger partial charge >= 0.3 is 0 Å². The van der Waals surface area contributed by atoms with Crippen LogP contribution in [0.5, 0.6) is 0 Å². The number of amides is 1. The number of carbonyl (C=O) groups excluding carboxylic acids is 1. The summed E-state index contributed by atoms with van der Waals surface area (Å²) in [6, 6.07) is -0.0162. The van der Waals surface area contributed by atoms with Crippen molar-refractivity contribution in [1.82, 2.24) is 9.80 Å². The molecule has 1 unspecified atom stereocenters. The van der Waals surface area contributed by atoms with Crippen molar-refractivity contribution >= 4 is 5.91 Å². The van der Waals surface area contributed by atoms with Crippen molar-refractivity contribution in [2.75, 3.05) is 27.7 Å². The maximum Gasteiger partial charge on any atom is 0.239 e. The first-order chi connectivity index (χ1) is 5.54. The molecule has 0 aliphatic rings. The Kier molecular flexibility index (Phi) is 14.4. The van der Waals surface area contributed by atoms with Crippen LogP contribution in [-0.4, -0.2) is 49.4 Å². The van der Waals surface area contributed by atoms with Gasteiger partial charge in [0.1, 0.15) is 0 Å². The monoisotopic (exact) mass is 275 g/mol. The zero-order valence-corrected chi connectivity index (χ0v) is 12.9. The van der Waals surface area contributed by atoms with Crippen LogP contribution in [0.3, 0.4) is 0 Å². The molecule has 1 radical (unpaired) electrons. The van der Waals surface area contributed by atoms with Crippen molar-refractivity contribution in [1.29, 1.82) is 0 Å². The van der Waals surface area contributed by atoms with Crippen molar-refractivity contribution in [2.24, 2.45) is 0 Å². The van der Waals surface area contributed by atoms with E-state index in [0.29, 0.717) is 6.54 Å². The van der Waals surface area contributed by atoms with E-state index in [1.807, 2.05) is 18.9 Å². The Balaban J connectivity index is -0.000000605. The topological polar surface area (TPSA) is 23.6 Å². The molecule has 0 N–H and O–H groups in total. The van der Waals surface area contributed by atoms with Crippen LogP contribution in [0.1, 0.15) is 13.3 Å². The molecule has 14 heavy (non-hydrogen) atoms. The molecule has 3 nitrogen and oxygen atoms in total. The van der Waals surface area contributed by atoms with Gasteiger partial charge in [-0.25, -0.2) is 0 Å². The van der Waals surface area contributed by atoms with Crippen LogP contribution < -0.4 is 0 Å². The fraction of sp³-hybridized carbons (Fsp3) is 0.700. The molecule has 0 spiro atoms. The van der Waals surface area contributed by atoms with Crippen LogP contribution in [0, 0.1) is 14.4 Å². The standard InChI is InChI=1S/C9H19N2O.CH3.Y/c1-6-8(11(5)7-2)9(12)10(3)4;;/h8H,2,6-7H2,1,3-5H3;1H3;/q2*-1;. The second kappa shape index (κ2) is 10.1. The van der Waals surface area contributed by atoms with E-state index in [0.717, 1.165) is 6.42 Å². The Labute approximate surface area is 114 Å². The first-order valence-corrected chi connectivity index (χ1v) is 4.25. The first-order valence-electron chi connectivity index (χ1n) is 4.25. The summed E-state index contributed by atoms with van der Waals surface area (Å²) in [4.78, 5) is 15.1. The van der Waals surface area contributed by atoms with Gasteiger partial charge in [-0.1, -0.05) is 6.92 Å². The molecule has 0 fully saturated rings. The molecule has 0 bridgehead atoms. The van der Waals surface area contributed by atoms with Crippen LogP contribution in [0.4, 0.5) is 0 Å². The van der Waals surface area contributed by atoms with Crippen molar-refractivity contribution in [2.45, 2.75) is 19.4 Å². The van der Waals surface area contributed by atoms with Crippen LogP contribution in [-0.2, 0) is 37.5 Å². The van der Waals surface area contributed by atoms with E-state index in [9.17, 15) is 4.79 Å². The maximum absolute atomic E-state index is 11.5. The molecule has 83 valence electrons. The third kappa shape index (κ3) is 6.10. The summed E-state index contributed by atoms with van der Waals surface area (Å²) in [6.07, 6.45) is 0.836. The number of likely N-dealkylation sites (N-methyl/N-ethyl adjacent to an activating group) is 2. The summed E-state index contributed by atoms with van der Waals surface area (Å²) in [5.41, 5.74) is 0. The van der Waals surface area contributed by atoms with E-state index in [1.54, 1.807) is 19.0 Å². The van der Waals surface area contributed by atoms with Gasteiger partial charge < -0.3 is 24.2 Å². The van der Waals surface area contributed by atoms with Gasteiger partial charge in [-0.15, -0.1) is 6.54 Å². The fourth-order valence-corrected chi connectivity index (χ4v) is 1.13. The minimum absolute atomic E-state index is 0. The van der Waals surface area contributed by atoms with E-state index in [4.69, 9.17) is 0 Å². The molecule has 0 aromatic heterocycles. The Morgan fingerprint density at radius 2 is 1.79 bits per heavy atom. The minimum atomic E-state index is -0.0162. The Hall–Kier alpha value is 0.534. The number of carbonyl (C=O) groups is 1. The van der Waals surface area contributed by atoms with Crippen LogP contribution >= 0.6 is 0 Å². The van der Waals surface area contributed by atoms with E-state index in [1.165, 1.54) is 0 Å². The SMILES string of the molecule is [CH2-]CN(C)C(CC)C(=O)N(C)C.[CH3-].[Y]. The average molecular weight is 275 g/mol. The molecule has 0 aliphatic heterocycles. The molecule has 0 rings (SSSR count). The summed E-state index contributed by atoms with van der Waals surface area (Å²) in [5.74, 6) is 0.156. The van der Waals surface area contributed by atoms with E-state index in [-0.39, 0.29) is 52.1 Å². The van der Waals surface area contributed by atoms with E-state index >= 15 is 0 Å². The second-order valence-corrected chi connectivity index (χ2v) is 3.14. The number of hydrogen-bond acceptors (Lipinski definition) is 2.